The molecule has 0 saturated carbocycles. The van der Waals surface area contributed by atoms with Crippen LogP contribution in [0.15, 0.2) is 42.5 Å². The van der Waals surface area contributed by atoms with E-state index in [0.717, 1.165) is 40.2 Å². The predicted molar refractivity (Wildman–Crippen MR) is 127 cm³/mol. The van der Waals surface area contributed by atoms with Crippen molar-refractivity contribution in [3.05, 3.63) is 65.0 Å². The average molecular weight is 447 g/mol. The Hall–Kier alpha value is -3.48. The number of aromatic nitrogens is 2. The van der Waals surface area contributed by atoms with Crippen molar-refractivity contribution < 1.29 is 14.3 Å². The number of hydrogen-bond donors (Lipinski definition) is 1. The number of hydrogen-bond acceptors (Lipinski definition) is 5. The fraction of sp³-hybridized carbons (Fsp3) is 0.385. The number of benzene rings is 2. The number of aryl methyl sites for hydroxylation is 3. The Morgan fingerprint density at radius 3 is 2.45 bits per heavy atom. The van der Waals surface area contributed by atoms with Gasteiger partial charge in [0.25, 0.3) is 11.8 Å². The zero-order valence-corrected chi connectivity index (χ0v) is 19.4. The lowest BCUT2D eigenvalue weighted by Crippen LogP contribution is -2.47. The molecule has 4 rings (SSSR count). The molecule has 0 bridgehead atoms. The summed E-state index contributed by atoms with van der Waals surface area (Å²) in [7, 11) is 0. The normalized spacial score (nSPS) is 14.3. The Labute approximate surface area is 194 Å². The summed E-state index contributed by atoms with van der Waals surface area (Å²) >= 11 is 0. The van der Waals surface area contributed by atoms with Gasteiger partial charge in [0, 0.05) is 24.7 Å². The van der Waals surface area contributed by atoms with Crippen molar-refractivity contribution in [2.75, 3.05) is 19.7 Å². The molecule has 2 amide bonds. The summed E-state index contributed by atoms with van der Waals surface area (Å²) in [5, 5.41) is 3.04. The van der Waals surface area contributed by atoms with Gasteiger partial charge in [-0.2, -0.15) is 0 Å². The monoisotopic (exact) mass is 446 g/mol. The summed E-state index contributed by atoms with van der Waals surface area (Å²) in [5.74, 6) is 0.603. The first-order valence-electron chi connectivity index (χ1n) is 11.5. The molecule has 33 heavy (non-hydrogen) atoms. The lowest BCUT2D eigenvalue weighted by Gasteiger charge is -2.32. The van der Waals surface area contributed by atoms with Crippen LogP contribution in [0.1, 0.15) is 47.1 Å². The molecule has 1 saturated heterocycles. The fourth-order valence-electron chi connectivity index (χ4n) is 4.12. The van der Waals surface area contributed by atoms with Crippen LogP contribution in [0, 0.1) is 13.8 Å². The molecule has 1 aromatic heterocycles. The summed E-state index contributed by atoms with van der Waals surface area (Å²) in [6.45, 7) is 7.10. The number of nitrogens with zero attached hydrogens (tertiary/aromatic N) is 3. The number of fused-ring (bicyclic) bond motifs is 1. The van der Waals surface area contributed by atoms with E-state index >= 15 is 0 Å². The minimum atomic E-state index is -0.135. The zero-order valence-electron chi connectivity index (χ0n) is 19.4. The Morgan fingerprint density at radius 1 is 1.03 bits per heavy atom. The number of para-hydroxylation sites is 1. The van der Waals surface area contributed by atoms with Crippen molar-refractivity contribution in [1.29, 1.82) is 0 Å². The van der Waals surface area contributed by atoms with E-state index in [4.69, 9.17) is 4.74 Å². The number of piperidine rings is 1. The first-order chi connectivity index (χ1) is 15.9. The number of ether oxygens (including phenoxy) is 1. The molecule has 3 aromatic rings. The molecule has 0 spiro atoms. The van der Waals surface area contributed by atoms with Crippen LogP contribution in [-0.2, 0) is 11.2 Å². The topological polar surface area (TPSA) is 84.4 Å². The average Bonchev–Trinajstić information content (AvgIpc) is 2.83. The Balaban J connectivity index is 1.29. The molecule has 0 radical (unpaired) electrons. The molecule has 0 unspecified atom stereocenters. The Bertz CT molecular complexity index is 1170. The van der Waals surface area contributed by atoms with Gasteiger partial charge in [-0.05, 0) is 62.9 Å². The van der Waals surface area contributed by atoms with E-state index in [1.54, 1.807) is 0 Å². The highest BCUT2D eigenvalue weighted by Gasteiger charge is 2.25. The lowest BCUT2D eigenvalue weighted by molar-refractivity contribution is -0.124. The number of nitrogens with one attached hydrogen (secondary N) is 1. The van der Waals surface area contributed by atoms with E-state index in [9.17, 15) is 9.59 Å². The minimum absolute atomic E-state index is 0.00677. The van der Waals surface area contributed by atoms with Gasteiger partial charge < -0.3 is 15.0 Å². The highest BCUT2D eigenvalue weighted by Crippen LogP contribution is 2.20. The first kappa shape index (κ1) is 22.7. The predicted octanol–water partition coefficient (Wildman–Crippen LogP) is 3.61. The smallest absolute Gasteiger partial charge is 0.258 e. The largest absolute Gasteiger partial charge is 0.483 e. The molecule has 172 valence electrons. The number of amides is 2. The third-order valence-corrected chi connectivity index (χ3v) is 6.18. The van der Waals surface area contributed by atoms with Crippen LogP contribution in [0.2, 0.25) is 0 Å². The quantitative estimate of drug-likeness (QED) is 0.625. The van der Waals surface area contributed by atoms with Gasteiger partial charge in [-0.1, -0.05) is 25.1 Å². The second-order valence-corrected chi connectivity index (χ2v) is 8.48. The van der Waals surface area contributed by atoms with Crippen molar-refractivity contribution >= 4 is 22.8 Å². The molecular weight excluding hydrogens is 416 g/mol. The Morgan fingerprint density at radius 2 is 1.73 bits per heavy atom. The van der Waals surface area contributed by atoms with Crippen molar-refractivity contribution in [1.82, 2.24) is 20.2 Å². The van der Waals surface area contributed by atoms with E-state index in [1.807, 2.05) is 61.2 Å². The van der Waals surface area contributed by atoms with Crippen LogP contribution in [0.5, 0.6) is 5.75 Å². The molecule has 7 nitrogen and oxygen atoms in total. The lowest BCUT2D eigenvalue weighted by atomic mass is 10.0. The molecule has 1 fully saturated rings. The first-order valence-corrected chi connectivity index (χ1v) is 11.5. The fourth-order valence-corrected chi connectivity index (χ4v) is 4.12. The second kappa shape index (κ2) is 9.98. The molecule has 2 aromatic carbocycles. The standard InChI is InChI=1S/C26H30N4O3/c1-4-19-7-5-6-8-24(19)33-16-25(31)29-21-11-13-30(14-12-21)26(32)20-9-10-22-23(15-20)28-18(3)17(2)27-22/h5-10,15,21H,4,11-14,16H2,1-3H3,(H,29,31). The summed E-state index contributed by atoms with van der Waals surface area (Å²) in [6, 6.07) is 13.3. The van der Waals surface area contributed by atoms with Gasteiger partial charge in [-0.15, -0.1) is 0 Å². The number of likely N-dealkylation sites (tertiary alicyclic amines) is 1. The summed E-state index contributed by atoms with van der Waals surface area (Å²) in [5.41, 5.74) is 4.99. The third kappa shape index (κ3) is 5.30. The maximum atomic E-state index is 13.0. The number of carbonyl (C=O) groups is 2. The minimum Gasteiger partial charge on any atom is -0.483 e. The van der Waals surface area contributed by atoms with Crippen LogP contribution in [-0.4, -0.2) is 52.4 Å². The molecule has 1 aliphatic heterocycles. The Kier molecular flexibility index (Phi) is 6.87. The van der Waals surface area contributed by atoms with E-state index in [0.29, 0.717) is 31.5 Å². The van der Waals surface area contributed by atoms with Gasteiger partial charge in [-0.3, -0.25) is 9.59 Å². The van der Waals surface area contributed by atoms with Gasteiger partial charge in [0.05, 0.1) is 22.4 Å². The van der Waals surface area contributed by atoms with E-state index in [-0.39, 0.29) is 24.5 Å². The van der Waals surface area contributed by atoms with Crippen molar-refractivity contribution in [2.24, 2.45) is 0 Å². The van der Waals surface area contributed by atoms with Crippen LogP contribution in [0.4, 0.5) is 0 Å². The summed E-state index contributed by atoms with van der Waals surface area (Å²) < 4.78 is 5.71. The summed E-state index contributed by atoms with van der Waals surface area (Å²) in [4.78, 5) is 36.3. The van der Waals surface area contributed by atoms with Crippen LogP contribution in [0.25, 0.3) is 11.0 Å². The van der Waals surface area contributed by atoms with Crippen molar-refractivity contribution in [2.45, 2.75) is 46.1 Å². The summed E-state index contributed by atoms with van der Waals surface area (Å²) in [6.07, 6.45) is 2.29. The van der Waals surface area contributed by atoms with Gasteiger partial charge in [0.2, 0.25) is 0 Å². The van der Waals surface area contributed by atoms with Crippen LogP contribution < -0.4 is 10.1 Å². The molecule has 2 heterocycles. The van der Waals surface area contributed by atoms with Gasteiger partial charge >= 0.3 is 0 Å². The molecule has 0 aliphatic carbocycles. The van der Waals surface area contributed by atoms with E-state index in [2.05, 4.69) is 22.2 Å². The zero-order chi connectivity index (χ0) is 23.4. The number of carbonyl (C=O) groups excluding carboxylic acids is 2. The van der Waals surface area contributed by atoms with E-state index < -0.39 is 0 Å². The van der Waals surface area contributed by atoms with Gasteiger partial charge in [0.15, 0.2) is 6.61 Å². The maximum Gasteiger partial charge on any atom is 0.258 e. The highest BCUT2D eigenvalue weighted by molar-refractivity contribution is 5.97. The molecular formula is C26H30N4O3. The van der Waals surface area contributed by atoms with E-state index in [1.165, 1.54) is 0 Å². The molecule has 0 atom stereocenters. The van der Waals surface area contributed by atoms with Crippen molar-refractivity contribution in [3.63, 3.8) is 0 Å². The number of rotatable bonds is 6. The maximum absolute atomic E-state index is 13.0. The van der Waals surface area contributed by atoms with Crippen LogP contribution >= 0.6 is 0 Å². The van der Waals surface area contributed by atoms with Gasteiger partial charge in [0.1, 0.15) is 5.75 Å². The molecule has 1 aliphatic rings. The van der Waals surface area contributed by atoms with Crippen LogP contribution in [0.3, 0.4) is 0 Å². The third-order valence-electron chi connectivity index (χ3n) is 6.18. The SMILES string of the molecule is CCc1ccccc1OCC(=O)NC1CCN(C(=O)c2ccc3nc(C)c(C)nc3c2)CC1. The molecule has 1 N–H and O–H groups in total. The second-order valence-electron chi connectivity index (χ2n) is 8.48. The molecule has 7 heteroatoms. The van der Waals surface area contributed by atoms with Gasteiger partial charge in [-0.25, -0.2) is 9.97 Å². The highest BCUT2D eigenvalue weighted by atomic mass is 16.5. The van der Waals surface area contributed by atoms with Crippen molar-refractivity contribution in [3.8, 4) is 5.75 Å².